The molecule has 1 aromatic heterocycles. The van der Waals surface area contributed by atoms with E-state index in [4.69, 9.17) is 16.3 Å². The van der Waals surface area contributed by atoms with Crippen molar-refractivity contribution in [3.63, 3.8) is 0 Å². The van der Waals surface area contributed by atoms with Crippen molar-refractivity contribution in [1.82, 2.24) is 24.4 Å². The van der Waals surface area contributed by atoms with Crippen molar-refractivity contribution in [2.75, 3.05) is 27.2 Å². The molecule has 1 N–H and O–H groups in total. The van der Waals surface area contributed by atoms with Gasteiger partial charge in [-0.1, -0.05) is 16.7 Å². The second-order valence-corrected chi connectivity index (χ2v) is 8.18. The summed E-state index contributed by atoms with van der Waals surface area (Å²) in [6.07, 6.45) is 0. The highest BCUT2D eigenvalue weighted by atomic mass is 35.5. The second-order valence-electron chi connectivity index (χ2n) is 6.03. The molecule has 0 aliphatic carbocycles. The lowest BCUT2D eigenvalue weighted by atomic mass is 10.3. The van der Waals surface area contributed by atoms with E-state index in [1.165, 1.54) is 24.3 Å². The van der Waals surface area contributed by atoms with Crippen molar-refractivity contribution in [1.29, 1.82) is 0 Å². The Morgan fingerprint density at radius 3 is 2.50 bits per heavy atom. The van der Waals surface area contributed by atoms with Gasteiger partial charge < -0.3 is 9.64 Å². The number of ether oxygens (including phenoxy) is 1. The SMILES string of the molecule is CCn1c(OCCN(C)C)nnc1[C@@H](C)NS(=O)(=O)c1ccc(Cl)cc1. The van der Waals surface area contributed by atoms with Crippen LogP contribution in [0.25, 0.3) is 0 Å². The first kappa shape index (κ1) is 20.6. The molecule has 0 unspecified atom stereocenters. The van der Waals surface area contributed by atoms with Crippen molar-refractivity contribution in [3.05, 3.63) is 35.1 Å². The number of nitrogens with one attached hydrogen (secondary N) is 1. The van der Waals surface area contributed by atoms with Crippen molar-refractivity contribution < 1.29 is 13.2 Å². The predicted octanol–water partition coefficient (Wildman–Crippen LogP) is 1.93. The van der Waals surface area contributed by atoms with E-state index in [2.05, 4.69) is 14.9 Å². The molecule has 0 radical (unpaired) electrons. The van der Waals surface area contributed by atoms with Crippen molar-refractivity contribution >= 4 is 21.6 Å². The first-order chi connectivity index (χ1) is 12.2. The van der Waals surface area contributed by atoms with Crippen LogP contribution in [-0.4, -0.2) is 55.3 Å². The van der Waals surface area contributed by atoms with Crippen molar-refractivity contribution in [3.8, 4) is 6.01 Å². The van der Waals surface area contributed by atoms with Gasteiger partial charge in [0.1, 0.15) is 6.61 Å². The molecule has 0 aliphatic heterocycles. The zero-order valence-corrected chi connectivity index (χ0v) is 16.9. The van der Waals surface area contributed by atoms with E-state index < -0.39 is 16.1 Å². The van der Waals surface area contributed by atoms with Crippen LogP contribution >= 0.6 is 11.6 Å². The Bertz CT molecular complexity index is 821. The standard InChI is InChI=1S/C16H24ClN5O3S/c1-5-22-15(18-19-16(22)25-11-10-21(3)4)12(2)20-26(23,24)14-8-6-13(17)7-9-14/h6-9,12,20H,5,10-11H2,1-4H3/t12-/m1/s1. The van der Waals surface area contributed by atoms with Crippen LogP contribution in [-0.2, 0) is 16.6 Å². The average Bonchev–Trinajstić information content (AvgIpc) is 2.97. The summed E-state index contributed by atoms with van der Waals surface area (Å²) < 4.78 is 35.1. The molecule has 0 bridgehead atoms. The monoisotopic (exact) mass is 401 g/mol. The summed E-state index contributed by atoms with van der Waals surface area (Å²) in [7, 11) is 0.197. The molecule has 2 aromatic rings. The fraction of sp³-hybridized carbons (Fsp3) is 0.500. The Kier molecular flexibility index (Phi) is 6.99. The van der Waals surface area contributed by atoms with Crippen LogP contribution in [0.5, 0.6) is 6.01 Å². The Morgan fingerprint density at radius 2 is 1.92 bits per heavy atom. The number of nitrogens with zero attached hydrogens (tertiary/aromatic N) is 4. The van der Waals surface area contributed by atoms with Crippen LogP contribution in [0, 0.1) is 0 Å². The zero-order valence-electron chi connectivity index (χ0n) is 15.3. The molecule has 0 spiro atoms. The summed E-state index contributed by atoms with van der Waals surface area (Å²) in [6, 6.07) is 5.78. The van der Waals surface area contributed by atoms with E-state index in [9.17, 15) is 8.42 Å². The third-order valence-electron chi connectivity index (χ3n) is 3.67. The second kappa shape index (κ2) is 8.81. The first-order valence-corrected chi connectivity index (χ1v) is 10.1. The minimum Gasteiger partial charge on any atom is -0.462 e. The van der Waals surface area contributed by atoms with E-state index in [-0.39, 0.29) is 4.90 Å². The van der Waals surface area contributed by atoms with Gasteiger partial charge in [-0.3, -0.25) is 4.57 Å². The summed E-state index contributed by atoms with van der Waals surface area (Å²) in [5, 5.41) is 8.62. The summed E-state index contributed by atoms with van der Waals surface area (Å²) in [5.74, 6) is 0.491. The van der Waals surface area contributed by atoms with Crippen molar-refractivity contribution in [2.24, 2.45) is 0 Å². The Morgan fingerprint density at radius 1 is 1.27 bits per heavy atom. The molecule has 144 valence electrons. The minimum absolute atomic E-state index is 0.138. The van der Waals surface area contributed by atoms with Gasteiger partial charge in [-0.25, -0.2) is 13.1 Å². The van der Waals surface area contributed by atoms with Gasteiger partial charge in [-0.15, -0.1) is 5.10 Å². The van der Waals surface area contributed by atoms with Gasteiger partial charge in [0.25, 0.3) is 0 Å². The van der Waals surface area contributed by atoms with Crippen LogP contribution in [0.3, 0.4) is 0 Å². The van der Waals surface area contributed by atoms with Gasteiger partial charge in [0.15, 0.2) is 5.82 Å². The maximum atomic E-state index is 12.5. The lowest BCUT2D eigenvalue weighted by molar-refractivity contribution is 0.235. The fourth-order valence-electron chi connectivity index (χ4n) is 2.31. The predicted molar refractivity (Wildman–Crippen MR) is 99.9 cm³/mol. The third-order valence-corrected chi connectivity index (χ3v) is 5.48. The summed E-state index contributed by atoms with van der Waals surface area (Å²) in [4.78, 5) is 2.13. The van der Waals surface area contributed by atoms with Gasteiger partial charge in [0, 0.05) is 18.1 Å². The van der Waals surface area contributed by atoms with Gasteiger partial charge in [0.2, 0.25) is 10.0 Å². The molecule has 0 saturated heterocycles. The molecule has 0 aliphatic rings. The summed E-state index contributed by atoms with van der Waals surface area (Å²) >= 11 is 5.81. The van der Waals surface area contributed by atoms with Crippen molar-refractivity contribution in [2.45, 2.75) is 31.3 Å². The maximum Gasteiger partial charge on any atom is 0.317 e. The molecule has 8 nitrogen and oxygen atoms in total. The van der Waals surface area contributed by atoms with Crippen LogP contribution < -0.4 is 9.46 Å². The highest BCUT2D eigenvalue weighted by molar-refractivity contribution is 7.89. The molecule has 1 aromatic carbocycles. The third kappa shape index (κ3) is 5.16. The minimum atomic E-state index is -3.71. The molecule has 0 fully saturated rings. The molecule has 2 rings (SSSR count). The normalized spacial score (nSPS) is 13.2. The maximum absolute atomic E-state index is 12.5. The Labute approximate surface area is 159 Å². The van der Waals surface area contributed by atoms with Gasteiger partial charge in [-0.05, 0) is 52.2 Å². The molecular formula is C16H24ClN5O3S. The van der Waals surface area contributed by atoms with Crippen LogP contribution in [0.2, 0.25) is 5.02 Å². The number of halogens is 1. The average molecular weight is 402 g/mol. The van der Waals surface area contributed by atoms with Gasteiger partial charge in [0.05, 0.1) is 10.9 Å². The molecular weight excluding hydrogens is 378 g/mol. The molecule has 0 saturated carbocycles. The number of rotatable bonds is 9. The number of likely N-dealkylation sites (N-methyl/N-ethyl adjacent to an activating group) is 1. The molecule has 26 heavy (non-hydrogen) atoms. The Balaban J connectivity index is 2.14. The highest BCUT2D eigenvalue weighted by Gasteiger charge is 2.23. The van der Waals surface area contributed by atoms with Crippen LogP contribution in [0.1, 0.15) is 25.7 Å². The molecule has 1 atom stereocenters. The molecule has 1 heterocycles. The van der Waals surface area contributed by atoms with Gasteiger partial charge >= 0.3 is 6.01 Å². The largest absolute Gasteiger partial charge is 0.462 e. The van der Waals surface area contributed by atoms with Crippen LogP contribution in [0.15, 0.2) is 29.2 Å². The quantitative estimate of drug-likeness (QED) is 0.690. The number of aromatic nitrogens is 3. The fourth-order valence-corrected chi connectivity index (χ4v) is 3.64. The number of hydrogen-bond donors (Lipinski definition) is 1. The van der Waals surface area contributed by atoms with E-state index in [1.807, 2.05) is 25.9 Å². The zero-order chi connectivity index (χ0) is 19.3. The molecule has 0 amide bonds. The van der Waals surface area contributed by atoms with Crippen LogP contribution in [0.4, 0.5) is 0 Å². The smallest absolute Gasteiger partial charge is 0.317 e. The molecule has 10 heteroatoms. The lowest BCUT2D eigenvalue weighted by Gasteiger charge is -2.16. The highest BCUT2D eigenvalue weighted by Crippen LogP contribution is 2.20. The summed E-state index contributed by atoms with van der Waals surface area (Å²) in [6.45, 7) is 5.41. The lowest BCUT2D eigenvalue weighted by Crippen LogP contribution is -2.29. The summed E-state index contributed by atoms with van der Waals surface area (Å²) in [5.41, 5.74) is 0. The van der Waals surface area contributed by atoms with E-state index >= 15 is 0 Å². The van der Waals surface area contributed by atoms with E-state index in [0.717, 1.165) is 6.54 Å². The number of hydrogen-bond acceptors (Lipinski definition) is 6. The Hall–Kier alpha value is -1.68. The van der Waals surface area contributed by atoms with Gasteiger partial charge in [-0.2, -0.15) is 0 Å². The number of benzene rings is 1. The first-order valence-electron chi connectivity index (χ1n) is 8.23. The topological polar surface area (TPSA) is 89.3 Å². The van der Waals surface area contributed by atoms with E-state index in [0.29, 0.717) is 30.0 Å². The van der Waals surface area contributed by atoms with E-state index in [1.54, 1.807) is 11.5 Å². The number of sulfonamides is 1.